The van der Waals surface area contributed by atoms with Crippen LogP contribution in [0.25, 0.3) is 0 Å². The highest BCUT2D eigenvalue weighted by atomic mass is 16.6. The summed E-state index contributed by atoms with van der Waals surface area (Å²) in [5.74, 6) is -0.919. The van der Waals surface area contributed by atoms with E-state index < -0.39 is 12.2 Å². The summed E-state index contributed by atoms with van der Waals surface area (Å²) < 4.78 is 23.9. The second-order valence-corrected chi connectivity index (χ2v) is 8.83. The van der Waals surface area contributed by atoms with E-state index in [1.807, 2.05) is 0 Å². The Morgan fingerprint density at radius 3 is 1.41 bits per heavy atom. The maximum Gasteiger partial charge on any atom is 0.245 e. The van der Waals surface area contributed by atoms with E-state index in [2.05, 4.69) is 42.3 Å². The standard InChI is InChI=1S/C29H48N4O8/c1-6-26(34)30-14-10-18-38-22-24(40-20-12-16-32-28(36)8-3)25(23-39-19-11-15-31-27(35)7-2)41-21-13-17-33(5)29(37)9-4/h6-9,24-25H,1-4,10-23H2,5H3,(H,30,34)(H,31,35)(H,32,36)/t24-,25+/m0/s1. The average molecular weight is 581 g/mol. The Hall–Kier alpha value is -3.32. The molecule has 232 valence electrons. The van der Waals surface area contributed by atoms with E-state index >= 15 is 0 Å². The van der Waals surface area contributed by atoms with E-state index in [1.165, 1.54) is 24.3 Å². The highest BCUT2D eigenvalue weighted by Gasteiger charge is 2.24. The molecule has 0 unspecified atom stereocenters. The van der Waals surface area contributed by atoms with Gasteiger partial charge in [-0.15, -0.1) is 0 Å². The van der Waals surface area contributed by atoms with E-state index in [1.54, 1.807) is 11.9 Å². The molecule has 0 aliphatic heterocycles. The molecule has 4 amide bonds. The molecule has 0 radical (unpaired) electrons. The Kier molecular flexibility index (Phi) is 23.6. The lowest BCUT2D eigenvalue weighted by molar-refractivity contribution is -0.131. The number of nitrogens with zero attached hydrogens (tertiary/aromatic N) is 1. The van der Waals surface area contributed by atoms with E-state index in [9.17, 15) is 19.2 Å². The van der Waals surface area contributed by atoms with Crippen molar-refractivity contribution >= 4 is 23.6 Å². The zero-order valence-corrected chi connectivity index (χ0v) is 24.4. The number of amides is 4. The molecule has 2 atom stereocenters. The normalized spacial score (nSPS) is 11.9. The van der Waals surface area contributed by atoms with E-state index in [-0.39, 0.29) is 36.8 Å². The van der Waals surface area contributed by atoms with Crippen molar-refractivity contribution in [3.63, 3.8) is 0 Å². The molecule has 0 saturated carbocycles. The van der Waals surface area contributed by atoms with Crippen molar-refractivity contribution in [2.24, 2.45) is 0 Å². The minimum atomic E-state index is -0.485. The molecule has 41 heavy (non-hydrogen) atoms. The lowest BCUT2D eigenvalue weighted by atomic mass is 10.2. The van der Waals surface area contributed by atoms with Crippen LogP contribution in [0.5, 0.6) is 0 Å². The van der Waals surface area contributed by atoms with Crippen molar-refractivity contribution in [3.8, 4) is 0 Å². The van der Waals surface area contributed by atoms with Gasteiger partial charge in [0.1, 0.15) is 12.2 Å². The Bertz CT molecular complexity index is 821. The van der Waals surface area contributed by atoms with Crippen molar-refractivity contribution in [3.05, 3.63) is 50.6 Å². The molecule has 12 nitrogen and oxygen atoms in total. The summed E-state index contributed by atoms with van der Waals surface area (Å²) in [5, 5.41) is 8.10. The van der Waals surface area contributed by atoms with E-state index in [0.29, 0.717) is 78.3 Å². The van der Waals surface area contributed by atoms with Gasteiger partial charge in [-0.3, -0.25) is 19.2 Å². The Balaban J connectivity index is 5.08. The lowest BCUT2D eigenvalue weighted by Gasteiger charge is -2.28. The van der Waals surface area contributed by atoms with Gasteiger partial charge < -0.3 is 39.8 Å². The SMILES string of the molecule is C=CC(=O)NCCCOC[C@H](OCCCNC(=O)C=C)[C@@H](COCCCNC(=O)C=C)OCCCN(C)C(=O)C=C. The predicted molar refractivity (Wildman–Crippen MR) is 157 cm³/mol. The van der Waals surface area contributed by atoms with Gasteiger partial charge in [0.25, 0.3) is 0 Å². The van der Waals surface area contributed by atoms with Crippen LogP contribution in [0.3, 0.4) is 0 Å². The third-order valence-corrected chi connectivity index (χ3v) is 5.54. The van der Waals surface area contributed by atoms with Gasteiger partial charge in [0.05, 0.1) is 13.2 Å². The predicted octanol–water partition coefficient (Wildman–Crippen LogP) is 0.901. The molecule has 0 saturated heterocycles. The number of nitrogens with one attached hydrogen (secondary N) is 3. The summed E-state index contributed by atoms with van der Waals surface area (Å²) in [4.78, 5) is 47.3. The maximum absolute atomic E-state index is 11.7. The van der Waals surface area contributed by atoms with Crippen LogP contribution in [0, 0.1) is 0 Å². The van der Waals surface area contributed by atoms with Crippen LogP contribution >= 0.6 is 0 Å². The first kappa shape index (κ1) is 37.7. The van der Waals surface area contributed by atoms with Gasteiger partial charge in [-0.05, 0) is 50.0 Å². The van der Waals surface area contributed by atoms with Crippen molar-refractivity contribution in [1.29, 1.82) is 0 Å². The van der Waals surface area contributed by atoms with Gasteiger partial charge in [-0.1, -0.05) is 26.3 Å². The van der Waals surface area contributed by atoms with E-state index in [4.69, 9.17) is 18.9 Å². The molecule has 0 spiro atoms. The van der Waals surface area contributed by atoms with Crippen molar-refractivity contribution in [1.82, 2.24) is 20.9 Å². The lowest BCUT2D eigenvalue weighted by Crippen LogP contribution is -2.40. The van der Waals surface area contributed by atoms with Crippen LogP contribution < -0.4 is 16.0 Å². The van der Waals surface area contributed by atoms with Crippen LogP contribution in [0.1, 0.15) is 25.7 Å². The van der Waals surface area contributed by atoms with Crippen molar-refractivity contribution in [2.75, 3.05) is 72.9 Å². The molecule has 0 aromatic carbocycles. The van der Waals surface area contributed by atoms with Gasteiger partial charge in [-0.25, -0.2) is 0 Å². The molecule has 0 bridgehead atoms. The molecular formula is C29H48N4O8. The molecule has 0 aromatic heterocycles. The third kappa shape index (κ3) is 21.1. The highest BCUT2D eigenvalue weighted by molar-refractivity contribution is 5.87. The second kappa shape index (κ2) is 25.6. The molecule has 0 aliphatic carbocycles. The summed E-state index contributed by atoms with van der Waals surface area (Å²) in [6.45, 7) is 17.5. The fraction of sp³-hybridized carbons (Fsp3) is 0.586. The number of hydrogen-bond acceptors (Lipinski definition) is 8. The number of hydrogen-bond donors (Lipinski definition) is 3. The zero-order valence-electron chi connectivity index (χ0n) is 24.4. The Morgan fingerprint density at radius 1 is 0.634 bits per heavy atom. The monoisotopic (exact) mass is 580 g/mol. The molecule has 0 heterocycles. The minimum Gasteiger partial charge on any atom is -0.379 e. The molecule has 0 aliphatic rings. The van der Waals surface area contributed by atoms with Crippen LogP contribution in [-0.4, -0.2) is 114 Å². The summed E-state index contributed by atoms with van der Waals surface area (Å²) in [5.41, 5.74) is 0. The van der Waals surface area contributed by atoms with E-state index in [0.717, 1.165) is 0 Å². The fourth-order valence-electron chi connectivity index (χ4n) is 3.23. The number of rotatable bonds is 27. The number of likely N-dealkylation sites (N-methyl/N-ethyl adjacent to an activating group) is 1. The molecule has 12 heteroatoms. The van der Waals surface area contributed by atoms with Crippen LogP contribution in [0.15, 0.2) is 50.6 Å². The largest absolute Gasteiger partial charge is 0.379 e. The van der Waals surface area contributed by atoms with Gasteiger partial charge in [0.15, 0.2) is 0 Å². The second-order valence-electron chi connectivity index (χ2n) is 8.83. The number of carbonyl (C=O) groups excluding carboxylic acids is 4. The minimum absolute atomic E-state index is 0.170. The molecule has 0 fully saturated rings. The van der Waals surface area contributed by atoms with Crippen LogP contribution in [0.2, 0.25) is 0 Å². The first-order chi connectivity index (χ1) is 19.8. The summed E-state index contributed by atoms with van der Waals surface area (Å²) in [7, 11) is 1.69. The topological polar surface area (TPSA) is 145 Å². The van der Waals surface area contributed by atoms with Gasteiger partial charge >= 0.3 is 0 Å². The third-order valence-electron chi connectivity index (χ3n) is 5.54. The van der Waals surface area contributed by atoms with Crippen molar-refractivity contribution in [2.45, 2.75) is 37.9 Å². The summed E-state index contributed by atoms with van der Waals surface area (Å²) in [6, 6.07) is 0. The molecule has 0 aromatic rings. The summed E-state index contributed by atoms with van der Waals surface area (Å²) in [6.07, 6.45) is 6.27. The average Bonchev–Trinajstić information content (AvgIpc) is 2.99. The smallest absolute Gasteiger partial charge is 0.245 e. The fourth-order valence-corrected chi connectivity index (χ4v) is 3.23. The Morgan fingerprint density at radius 2 is 1.02 bits per heavy atom. The first-order valence-corrected chi connectivity index (χ1v) is 13.8. The quantitative estimate of drug-likeness (QED) is 0.0961. The highest BCUT2D eigenvalue weighted by Crippen LogP contribution is 2.10. The van der Waals surface area contributed by atoms with Gasteiger partial charge in [0, 0.05) is 59.7 Å². The van der Waals surface area contributed by atoms with Crippen molar-refractivity contribution < 1.29 is 38.1 Å². The molecular weight excluding hydrogens is 532 g/mol. The van der Waals surface area contributed by atoms with Gasteiger partial charge in [-0.2, -0.15) is 0 Å². The van der Waals surface area contributed by atoms with Crippen LogP contribution in [-0.2, 0) is 38.1 Å². The first-order valence-electron chi connectivity index (χ1n) is 13.8. The number of ether oxygens (including phenoxy) is 4. The molecule has 0 rings (SSSR count). The zero-order chi connectivity index (χ0) is 30.7. The van der Waals surface area contributed by atoms with Crippen LogP contribution in [0.4, 0.5) is 0 Å². The van der Waals surface area contributed by atoms with Gasteiger partial charge in [0.2, 0.25) is 23.6 Å². The maximum atomic E-state index is 11.7. The summed E-state index contributed by atoms with van der Waals surface area (Å²) >= 11 is 0. The Labute approximate surface area is 244 Å². The number of carbonyl (C=O) groups is 4. The molecule has 3 N–H and O–H groups in total.